The zero-order chi connectivity index (χ0) is 20.2. The van der Waals surface area contributed by atoms with Gasteiger partial charge in [-0.25, -0.2) is 13.2 Å². The van der Waals surface area contributed by atoms with Crippen molar-refractivity contribution in [1.29, 1.82) is 0 Å². The molecule has 148 valence electrons. The number of nitrogens with one attached hydrogen (secondary N) is 2. The van der Waals surface area contributed by atoms with Crippen molar-refractivity contribution in [2.45, 2.75) is 36.8 Å². The van der Waals surface area contributed by atoms with Gasteiger partial charge in [-0.15, -0.1) is 0 Å². The van der Waals surface area contributed by atoms with Gasteiger partial charge in [-0.1, -0.05) is 11.6 Å². The maximum atomic E-state index is 12.8. The Morgan fingerprint density at radius 1 is 1.26 bits per heavy atom. The van der Waals surface area contributed by atoms with E-state index in [0.29, 0.717) is 11.4 Å². The average Bonchev–Trinajstić information content (AvgIpc) is 3.12. The molecule has 2 rings (SSSR count). The first-order valence-corrected chi connectivity index (χ1v) is 9.99. The number of carbonyl (C=O) groups is 3. The van der Waals surface area contributed by atoms with Gasteiger partial charge in [-0.2, -0.15) is 4.31 Å². The summed E-state index contributed by atoms with van der Waals surface area (Å²) in [6.07, 6.45) is -0.503. The van der Waals surface area contributed by atoms with Gasteiger partial charge in [0.2, 0.25) is 10.0 Å². The van der Waals surface area contributed by atoms with Gasteiger partial charge in [0.25, 0.3) is 5.91 Å². The molecule has 2 atom stereocenters. The number of ether oxygens (including phenoxy) is 1. The van der Waals surface area contributed by atoms with Crippen molar-refractivity contribution in [3.05, 3.63) is 29.3 Å². The third-order valence-electron chi connectivity index (χ3n) is 4.02. The van der Waals surface area contributed by atoms with Crippen LogP contribution in [0.15, 0.2) is 29.2 Å². The molecule has 11 heteroatoms. The lowest BCUT2D eigenvalue weighted by Gasteiger charge is -2.24. The molecule has 0 radical (unpaired) electrons. The number of hydrogen-bond donors (Lipinski definition) is 2. The zero-order valence-corrected chi connectivity index (χ0v) is 16.3. The molecule has 0 unspecified atom stereocenters. The number of amides is 3. The van der Waals surface area contributed by atoms with Crippen molar-refractivity contribution in [2.24, 2.45) is 0 Å². The number of esters is 1. The van der Waals surface area contributed by atoms with Crippen LogP contribution in [0, 0.1) is 0 Å². The molecule has 1 saturated heterocycles. The van der Waals surface area contributed by atoms with Crippen LogP contribution in [-0.2, 0) is 24.3 Å². The van der Waals surface area contributed by atoms with Crippen molar-refractivity contribution in [1.82, 2.24) is 14.9 Å². The monoisotopic (exact) mass is 417 g/mol. The minimum absolute atomic E-state index is 0.0111. The highest BCUT2D eigenvalue weighted by Crippen LogP contribution is 2.27. The van der Waals surface area contributed by atoms with Crippen molar-refractivity contribution >= 4 is 39.5 Å². The van der Waals surface area contributed by atoms with E-state index in [1.807, 2.05) is 5.32 Å². The number of nitrogens with zero attached hydrogens (tertiary/aromatic N) is 1. The average molecular weight is 418 g/mol. The molecule has 1 aliphatic rings. The zero-order valence-electron chi connectivity index (χ0n) is 14.8. The van der Waals surface area contributed by atoms with Crippen LogP contribution in [0.2, 0.25) is 5.02 Å². The van der Waals surface area contributed by atoms with Crippen LogP contribution in [0.1, 0.15) is 19.8 Å². The third kappa shape index (κ3) is 4.96. The number of sulfonamides is 1. The van der Waals surface area contributed by atoms with Crippen LogP contribution >= 0.6 is 11.6 Å². The van der Waals surface area contributed by atoms with Crippen LogP contribution in [-0.4, -0.2) is 56.4 Å². The maximum absolute atomic E-state index is 12.8. The van der Waals surface area contributed by atoms with Gasteiger partial charge in [0.1, 0.15) is 6.04 Å². The standard InChI is InChI=1S/C16H20ClN3O6S/c1-10(14(21)19-16(23)18-2)26-15(22)13-4-3-9-20(13)27(24,25)12-7-5-11(17)6-8-12/h5-8,10,13H,3-4,9H2,1-2H3,(H2,18,19,21,23)/t10-,13-/m0/s1. The van der Waals surface area contributed by atoms with Gasteiger partial charge in [0.15, 0.2) is 6.10 Å². The van der Waals surface area contributed by atoms with Gasteiger partial charge >= 0.3 is 12.0 Å². The highest BCUT2D eigenvalue weighted by atomic mass is 35.5. The van der Waals surface area contributed by atoms with Crippen molar-refractivity contribution in [3.8, 4) is 0 Å². The van der Waals surface area contributed by atoms with E-state index >= 15 is 0 Å². The van der Waals surface area contributed by atoms with Crippen molar-refractivity contribution < 1.29 is 27.5 Å². The first-order chi connectivity index (χ1) is 12.7. The SMILES string of the molecule is CNC(=O)NC(=O)[C@H](C)OC(=O)[C@@H]1CCCN1S(=O)(=O)c1ccc(Cl)cc1. The predicted molar refractivity (Wildman–Crippen MR) is 96.5 cm³/mol. The Balaban J connectivity index is 2.10. The van der Waals surface area contributed by atoms with Crippen molar-refractivity contribution in [3.63, 3.8) is 0 Å². The van der Waals surface area contributed by atoms with E-state index in [2.05, 4.69) is 5.32 Å². The summed E-state index contributed by atoms with van der Waals surface area (Å²) in [7, 11) is -2.59. The van der Waals surface area contributed by atoms with Crippen LogP contribution in [0.25, 0.3) is 0 Å². The number of rotatable bonds is 5. The van der Waals surface area contributed by atoms with Gasteiger partial charge < -0.3 is 10.1 Å². The lowest BCUT2D eigenvalue weighted by Crippen LogP contribution is -2.46. The third-order valence-corrected chi connectivity index (χ3v) is 6.20. The lowest BCUT2D eigenvalue weighted by atomic mass is 10.2. The van der Waals surface area contributed by atoms with Crippen LogP contribution < -0.4 is 10.6 Å². The fourth-order valence-electron chi connectivity index (χ4n) is 2.59. The summed E-state index contributed by atoms with van der Waals surface area (Å²) in [6, 6.07) is 3.83. The van der Waals surface area contributed by atoms with Gasteiger partial charge in [0.05, 0.1) is 4.90 Å². The summed E-state index contributed by atoms with van der Waals surface area (Å²) >= 11 is 5.79. The van der Waals surface area contributed by atoms with E-state index in [1.165, 1.54) is 38.2 Å². The smallest absolute Gasteiger partial charge is 0.325 e. The summed E-state index contributed by atoms with van der Waals surface area (Å²) in [4.78, 5) is 35.4. The number of benzene rings is 1. The number of hydrogen-bond acceptors (Lipinski definition) is 6. The molecule has 27 heavy (non-hydrogen) atoms. The normalized spacial score (nSPS) is 18.6. The van der Waals surface area contributed by atoms with E-state index in [4.69, 9.17) is 16.3 Å². The molecule has 0 aliphatic carbocycles. The number of urea groups is 1. The highest BCUT2D eigenvalue weighted by molar-refractivity contribution is 7.89. The van der Waals surface area contributed by atoms with Gasteiger partial charge in [-0.05, 0) is 44.0 Å². The Morgan fingerprint density at radius 2 is 1.89 bits per heavy atom. The first kappa shape index (κ1) is 21.1. The summed E-state index contributed by atoms with van der Waals surface area (Å²) in [5.74, 6) is -1.66. The predicted octanol–water partition coefficient (Wildman–Crippen LogP) is 0.880. The summed E-state index contributed by atoms with van der Waals surface area (Å²) in [6.45, 7) is 1.45. The Morgan fingerprint density at radius 3 is 2.48 bits per heavy atom. The van der Waals surface area contributed by atoms with Crippen LogP contribution in [0.3, 0.4) is 0 Å². The Bertz CT molecular complexity index is 827. The molecule has 3 amide bonds. The van der Waals surface area contributed by atoms with Crippen LogP contribution in [0.5, 0.6) is 0 Å². The summed E-state index contributed by atoms with van der Waals surface area (Å²) < 4.78 is 31.7. The second-order valence-corrected chi connectivity index (χ2v) is 8.20. The van der Waals surface area contributed by atoms with E-state index in [9.17, 15) is 22.8 Å². The molecule has 1 fully saturated rings. The quantitative estimate of drug-likeness (QED) is 0.686. The summed E-state index contributed by atoms with van der Waals surface area (Å²) in [5, 5.41) is 4.58. The Hall–Kier alpha value is -2.17. The van der Waals surface area contributed by atoms with E-state index in [1.54, 1.807) is 0 Å². The van der Waals surface area contributed by atoms with E-state index in [-0.39, 0.29) is 17.9 Å². The highest BCUT2D eigenvalue weighted by Gasteiger charge is 2.41. The second-order valence-electron chi connectivity index (χ2n) is 5.88. The Kier molecular flexibility index (Phi) is 6.79. The molecule has 1 heterocycles. The maximum Gasteiger partial charge on any atom is 0.325 e. The fourth-order valence-corrected chi connectivity index (χ4v) is 4.36. The molecule has 0 aromatic heterocycles. The van der Waals surface area contributed by atoms with Crippen molar-refractivity contribution in [2.75, 3.05) is 13.6 Å². The number of imide groups is 1. The molecule has 0 spiro atoms. The number of halogens is 1. The van der Waals surface area contributed by atoms with E-state index < -0.39 is 40.1 Å². The first-order valence-electron chi connectivity index (χ1n) is 8.17. The number of carbonyl (C=O) groups excluding carboxylic acids is 3. The minimum atomic E-state index is -3.92. The molecule has 0 saturated carbocycles. The van der Waals surface area contributed by atoms with E-state index in [0.717, 1.165) is 4.31 Å². The molecule has 9 nitrogen and oxygen atoms in total. The Labute approximate surface area is 162 Å². The molecule has 1 aliphatic heterocycles. The van der Waals surface area contributed by atoms with Gasteiger partial charge in [0, 0.05) is 18.6 Å². The molecular weight excluding hydrogens is 398 g/mol. The molecule has 0 bridgehead atoms. The topological polar surface area (TPSA) is 122 Å². The molecule has 1 aromatic rings. The largest absolute Gasteiger partial charge is 0.451 e. The fraction of sp³-hybridized carbons (Fsp3) is 0.438. The van der Waals surface area contributed by atoms with Crippen LogP contribution in [0.4, 0.5) is 4.79 Å². The minimum Gasteiger partial charge on any atom is -0.451 e. The second kappa shape index (κ2) is 8.68. The van der Waals surface area contributed by atoms with Gasteiger partial charge in [-0.3, -0.25) is 14.9 Å². The lowest BCUT2D eigenvalue weighted by molar-refractivity contribution is -0.157. The molecule has 1 aromatic carbocycles. The summed E-state index contributed by atoms with van der Waals surface area (Å²) in [5.41, 5.74) is 0. The molecule has 2 N–H and O–H groups in total. The molecular formula is C16H20ClN3O6S.